The van der Waals surface area contributed by atoms with Crippen LogP contribution in [0.2, 0.25) is 0 Å². The van der Waals surface area contributed by atoms with E-state index < -0.39 is 0 Å². The Morgan fingerprint density at radius 2 is 1.31 bits per heavy atom. The highest BCUT2D eigenvalue weighted by molar-refractivity contribution is 5.66. The number of carbonyl (C=O) groups is 1. The van der Waals surface area contributed by atoms with E-state index in [-0.39, 0.29) is 30.3 Å². The largest absolute Gasteiger partial charge is 0.493 e. The van der Waals surface area contributed by atoms with Crippen molar-refractivity contribution in [1.82, 2.24) is 0 Å². The van der Waals surface area contributed by atoms with Crippen LogP contribution in [0.1, 0.15) is 69.6 Å². The third-order valence-electron chi connectivity index (χ3n) is 7.48. The number of fused-ring (bicyclic) bond motifs is 1. The first kappa shape index (κ1) is 33.2. The van der Waals surface area contributed by atoms with Gasteiger partial charge < -0.3 is 37.9 Å². The predicted octanol–water partition coefficient (Wildman–Crippen LogP) is 6.21. The number of carbonyl (C=O) groups excluding carboxylic acids is 1. The van der Waals surface area contributed by atoms with Gasteiger partial charge in [-0.05, 0) is 60.9 Å². The van der Waals surface area contributed by atoms with Gasteiger partial charge in [-0.2, -0.15) is 0 Å². The van der Waals surface area contributed by atoms with Gasteiger partial charge >= 0.3 is 5.97 Å². The number of hydrogen-bond acceptors (Lipinski definition) is 9. The Kier molecular flexibility index (Phi) is 12.9. The van der Waals surface area contributed by atoms with Gasteiger partial charge in [0.1, 0.15) is 0 Å². The van der Waals surface area contributed by atoms with Crippen LogP contribution in [0.3, 0.4) is 0 Å². The Labute approximate surface area is 250 Å². The van der Waals surface area contributed by atoms with Gasteiger partial charge in [-0.3, -0.25) is 4.79 Å². The Balaban J connectivity index is 2.34. The van der Waals surface area contributed by atoms with Gasteiger partial charge in [-0.25, -0.2) is 0 Å². The monoisotopic (exact) mass is 588 g/mol. The van der Waals surface area contributed by atoms with Crippen LogP contribution in [0.15, 0.2) is 18.2 Å². The van der Waals surface area contributed by atoms with E-state index in [2.05, 4.69) is 20.8 Å². The number of benzene rings is 2. The SMILES string of the molecule is CCCOC[C@@H]1[C@@H](COC(C)=O)Cc2cc(OC)c(OCCC)c(OC)c2[C@H]1c1cc(OC)c(OCCC)c(OC)c1. The third-order valence-corrected chi connectivity index (χ3v) is 7.48. The van der Waals surface area contributed by atoms with E-state index in [0.29, 0.717) is 67.3 Å². The molecule has 0 spiro atoms. The van der Waals surface area contributed by atoms with Gasteiger partial charge in [0.2, 0.25) is 11.5 Å². The van der Waals surface area contributed by atoms with Crippen LogP contribution < -0.4 is 28.4 Å². The van der Waals surface area contributed by atoms with Crippen LogP contribution in [-0.4, -0.2) is 67.4 Å². The van der Waals surface area contributed by atoms with Crippen LogP contribution in [-0.2, 0) is 20.7 Å². The van der Waals surface area contributed by atoms with Gasteiger partial charge in [0, 0.05) is 30.9 Å². The fourth-order valence-electron chi connectivity index (χ4n) is 5.65. The molecule has 9 heteroatoms. The molecule has 2 aromatic rings. The molecule has 0 heterocycles. The van der Waals surface area contributed by atoms with Gasteiger partial charge in [-0.15, -0.1) is 0 Å². The van der Waals surface area contributed by atoms with Crippen LogP contribution in [0.4, 0.5) is 0 Å². The predicted molar refractivity (Wildman–Crippen MR) is 161 cm³/mol. The molecule has 0 bridgehead atoms. The van der Waals surface area contributed by atoms with Crippen molar-refractivity contribution >= 4 is 5.97 Å². The minimum absolute atomic E-state index is 0.0342. The standard InChI is InChI=1S/C33H48O9/c1-9-12-39-20-25-24(19-42-21(4)34)15-22-16-28(37-7)32(41-14-11-3)33(38-8)30(22)29(25)23-17-26(35-5)31(40-13-10-2)27(18-23)36-6/h16-18,24-25,29H,9-15,19-20H2,1-8H3/t24-,25-,29+/m1/s1. The minimum Gasteiger partial charge on any atom is -0.493 e. The number of rotatable bonds is 17. The molecule has 42 heavy (non-hydrogen) atoms. The van der Waals surface area contributed by atoms with Gasteiger partial charge in [0.25, 0.3) is 0 Å². The highest BCUT2D eigenvalue weighted by atomic mass is 16.5. The summed E-state index contributed by atoms with van der Waals surface area (Å²) in [5.74, 6) is 2.85. The molecule has 0 aliphatic heterocycles. The molecule has 0 radical (unpaired) electrons. The highest BCUT2D eigenvalue weighted by Gasteiger charge is 2.42. The van der Waals surface area contributed by atoms with E-state index in [0.717, 1.165) is 36.0 Å². The lowest BCUT2D eigenvalue weighted by molar-refractivity contribution is -0.143. The number of hydrogen-bond donors (Lipinski definition) is 0. The van der Waals surface area contributed by atoms with E-state index in [9.17, 15) is 4.79 Å². The van der Waals surface area contributed by atoms with Crippen molar-refractivity contribution in [3.8, 4) is 34.5 Å². The molecule has 0 unspecified atom stereocenters. The molecule has 9 nitrogen and oxygen atoms in total. The average Bonchev–Trinajstić information content (AvgIpc) is 3.00. The van der Waals surface area contributed by atoms with E-state index in [1.807, 2.05) is 18.2 Å². The first-order valence-electron chi connectivity index (χ1n) is 14.9. The Morgan fingerprint density at radius 1 is 0.738 bits per heavy atom. The summed E-state index contributed by atoms with van der Waals surface area (Å²) in [6.45, 7) is 10.0. The molecule has 234 valence electrons. The Hall–Kier alpha value is -3.33. The zero-order valence-corrected chi connectivity index (χ0v) is 26.5. The summed E-state index contributed by atoms with van der Waals surface area (Å²) in [7, 11) is 6.53. The molecule has 0 saturated heterocycles. The second kappa shape index (κ2) is 16.3. The van der Waals surface area contributed by atoms with Crippen molar-refractivity contribution < 1.29 is 42.7 Å². The van der Waals surface area contributed by atoms with Crippen LogP contribution in [0.25, 0.3) is 0 Å². The molecule has 0 saturated carbocycles. The van der Waals surface area contributed by atoms with Gasteiger partial charge in [0.05, 0.1) is 54.9 Å². The number of esters is 1. The fourth-order valence-corrected chi connectivity index (χ4v) is 5.65. The second-order valence-electron chi connectivity index (χ2n) is 10.4. The number of ether oxygens (including phenoxy) is 8. The van der Waals surface area contributed by atoms with Crippen LogP contribution in [0.5, 0.6) is 34.5 Å². The maximum atomic E-state index is 11.9. The highest BCUT2D eigenvalue weighted by Crippen LogP contribution is 2.55. The van der Waals surface area contributed by atoms with Crippen molar-refractivity contribution in [2.24, 2.45) is 11.8 Å². The summed E-state index contributed by atoms with van der Waals surface area (Å²) in [4.78, 5) is 11.9. The van der Waals surface area contributed by atoms with E-state index >= 15 is 0 Å². The summed E-state index contributed by atoms with van der Waals surface area (Å²) in [5.41, 5.74) is 2.96. The molecule has 1 aliphatic carbocycles. The maximum Gasteiger partial charge on any atom is 0.302 e. The first-order chi connectivity index (χ1) is 20.4. The topological polar surface area (TPSA) is 90.9 Å². The molecule has 0 amide bonds. The lowest BCUT2D eigenvalue weighted by Gasteiger charge is -2.41. The minimum atomic E-state index is -0.315. The van der Waals surface area contributed by atoms with Crippen molar-refractivity contribution in [2.75, 3.05) is 61.5 Å². The lowest BCUT2D eigenvalue weighted by atomic mass is 9.66. The first-order valence-corrected chi connectivity index (χ1v) is 14.9. The molecule has 0 N–H and O–H groups in total. The normalized spacial score (nSPS) is 17.7. The molecule has 3 rings (SSSR count). The molecule has 3 atom stereocenters. The van der Waals surface area contributed by atoms with Crippen molar-refractivity contribution in [2.45, 2.75) is 59.3 Å². The van der Waals surface area contributed by atoms with Crippen molar-refractivity contribution in [1.29, 1.82) is 0 Å². The average molecular weight is 589 g/mol. The second-order valence-corrected chi connectivity index (χ2v) is 10.4. The summed E-state index contributed by atoms with van der Waals surface area (Å²) in [6, 6.07) is 6.02. The van der Waals surface area contributed by atoms with E-state index in [4.69, 9.17) is 37.9 Å². The zero-order chi connectivity index (χ0) is 30.6. The Bertz CT molecular complexity index is 1140. The Morgan fingerprint density at radius 3 is 1.83 bits per heavy atom. The van der Waals surface area contributed by atoms with Gasteiger partial charge in [0.15, 0.2) is 23.0 Å². The molecule has 0 fully saturated rings. The van der Waals surface area contributed by atoms with Gasteiger partial charge in [-0.1, -0.05) is 20.8 Å². The maximum absolute atomic E-state index is 11.9. The van der Waals surface area contributed by atoms with E-state index in [1.165, 1.54) is 6.92 Å². The third kappa shape index (κ3) is 7.54. The quantitative estimate of drug-likeness (QED) is 0.158. The van der Waals surface area contributed by atoms with Crippen LogP contribution >= 0.6 is 0 Å². The lowest BCUT2D eigenvalue weighted by Crippen LogP contribution is -2.37. The smallest absolute Gasteiger partial charge is 0.302 e. The van der Waals surface area contributed by atoms with Crippen molar-refractivity contribution in [3.63, 3.8) is 0 Å². The number of methoxy groups -OCH3 is 4. The summed E-state index contributed by atoms with van der Waals surface area (Å²) in [6.07, 6.45) is 3.21. The molecular weight excluding hydrogens is 540 g/mol. The molecule has 1 aliphatic rings. The zero-order valence-electron chi connectivity index (χ0n) is 26.5. The summed E-state index contributed by atoms with van der Waals surface area (Å²) < 4.78 is 47.7. The van der Waals surface area contributed by atoms with Crippen LogP contribution in [0, 0.1) is 11.8 Å². The molecular formula is C33H48O9. The molecule has 2 aromatic carbocycles. The molecule has 0 aromatic heterocycles. The van der Waals surface area contributed by atoms with E-state index in [1.54, 1.807) is 28.4 Å². The summed E-state index contributed by atoms with van der Waals surface area (Å²) in [5, 5.41) is 0. The van der Waals surface area contributed by atoms with Crippen molar-refractivity contribution in [3.05, 3.63) is 34.9 Å². The summed E-state index contributed by atoms with van der Waals surface area (Å²) >= 11 is 0. The fraction of sp³-hybridized carbons (Fsp3) is 0.606.